The molecule has 0 bridgehead atoms. The fourth-order valence-corrected chi connectivity index (χ4v) is 1.67. The molecule has 0 atom stereocenters. The molecule has 0 radical (unpaired) electrons. The fourth-order valence-electron chi connectivity index (χ4n) is 0.948. The second kappa shape index (κ2) is 4.04. The van der Waals surface area contributed by atoms with Gasteiger partial charge in [-0.3, -0.25) is 0 Å². The molecule has 1 heterocycles. The van der Waals surface area contributed by atoms with E-state index in [1.807, 2.05) is 0 Å². The zero-order chi connectivity index (χ0) is 10.8. The molecule has 0 aliphatic carbocycles. The van der Waals surface area contributed by atoms with E-state index in [2.05, 4.69) is 4.74 Å². The monoisotopic (exact) mass is 220 g/mol. The first-order valence-electron chi connectivity index (χ1n) is 4.09. The Hall–Kier alpha value is -0.970. The summed E-state index contributed by atoms with van der Waals surface area (Å²) in [5, 5.41) is 1.27. The molecule has 0 aliphatic heterocycles. The molecule has 0 N–H and O–H groups in total. The number of hydrogen-bond donors (Lipinski definition) is 0. The van der Waals surface area contributed by atoms with Crippen LogP contribution in [0, 0.1) is 6.92 Å². The van der Waals surface area contributed by atoms with Gasteiger partial charge in [0.05, 0.1) is 6.61 Å². The van der Waals surface area contributed by atoms with Crippen LogP contribution in [0.1, 0.15) is 17.4 Å². The van der Waals surface area contributed by atoms with Gasteiger partial charge < -0.3 is 4.74 Å². The molecule has 0 aliphatic rings. The van der Waals surface area contributed by atoms with Crippen LogP contribution in [0.4, 0.5) is 8.78 Å². The number of carbonyl (C=O) groups excluding carboxylic acids is 1. The zero-order valence-corrected chi connectivity index (χ0v) is 8.66. The molecule has 78 valence electrons. The van der Waals surface area contributed by atoms with Gasteiger partial charge in [0.25, 0.3) is 0 Å². The molecule has 14 heavy (non-hydrogen) atoms. The van der Waals surface area contributed by atoms with Gasteiger partial charge in [-0.1, -0.05) is 0 Å². The average molecular weight is 220 g/mol. The Morgan fingerprint density at radius 3 is 2.71 bits per heavy atom. The van der Waals surface area contributed by atoms with Crippen molar-refractivity contribution < 1.29 is 18.3 Å². The summed E-state index contributed by atoms with van der Waals surface area (Å²) >= 11 is 1.18. The Labute approximate surface area is 84.5 Å². The molecule has 0 spiro atoms. The van der Waals surface area contributed by atoms with Crippen LogP contribution in [-0.2, 0) is 15.5 Å². The van der Waals surface area contributed by atoms with Crippen LogP contribution in [0.5, 0.6) is 0 Å². The van der Waals surface area contributed by atoms with Crippen LogP contribution < -0.4 is 0 Å². The smallest absolute Gasteiger partial charge is 0.382 e. The number of halogens is 2. The highest BCUT2D eigenvalue weighted by atomic mass is 32.1. The van der Waals surface area contributed by atoms with E-state index >= 15 is 0 Å². The molecule has 0 amide bonds. The fraction of sp³-hybridized carbons (Fsp3) is 0.444. The maximum absolute atomic E-state index is 13.3. The predicted octanol–water partition coefficient (Wildman–Crippen LogP) is 2.71. The molecule has 5 heteroatoms. The maximum atomic E-state index is 13.3. The summed E-state index contributed by atoms with van der Waals surface area (Å²) < 4.78 is 30.9. The zero-order valence-electron chi connectivity index (χ0n) is 7.84. The molecule has 0 fully saturated rings. The van der Waals surface area contributed by atoms with E-state index in [1.54, 1.807) is 6.92 Å². The molecule has 1 aromatic heterocycles. The van der Waals surface area contributed by atoms with Crippen LogP contribution in [0.2, 0.25) is 0 Å². The number of ether oxygens (including phenoxy) is 1. The van der Waals surface area contributed by atoms with Crippen LogP contribution in [0.15, 0.2) is 11.4 Å². The highest BCUT2D eigenvalue weighted by molar-refractivity contribution is 7.10. The van der Waals surface area contributed by atoms with Gasteiger partial charge in [0.2, 0.25) is 0 Å². The first kappa shape index (κ1) is 11.1. The third-order valence-electron chi connectivity index (χ3n) is 1.62. The van der Waals surface area contributed by atoms with Gasteiger partial charge in [-0.2, -0.15) is 8.78 Å². The van der Waals surface area contributed by atoms with Crippen molar-refractivity contribution >= 4 is 17.3 Å². The van der Waals surface area contributed by atoms with E-state index in [4.69, 9.17) is 0 Å². The molecule has 0 saturated heterocycles. The third kappa shape index (κ3) is 2.09. The minimum atomic E-state index is -3.53. The number of aryl methyl sites for hydroxylation is 1. The normalized spacial score (nSPS) is 11.4. The Balaban J connectivity index is 2.89. The lowest BCUT2D eigenvalue weighted by Gasteiger charge is -2.12. The summed E-state index contributed by atoms with van der Waals surface area (Å²) in [4.78, 5) is 11.6. The van der Waals surface area contributed by atoms with E-state index in [9.17, 15) is 13.6 Å². The second-order valence-corrected chi connectivity index (χ2v) is 3.86. The number of hydrogen-bond acceptors (Lipinski definition) is 3. The van der Waals surface area contributed by atoms with Crippen molar-refractivity contribution in [2.45, 2.75) is 19.8 Å². The predicted molar refractivity (Wildman–Crippen MR) is 49.6 cm³/mol. The van der Waals surface area contributed by atoms with Gasteiger partial charge in [0.15, 0.2) is 0 Å². The van der Waals surface area contributed by atoms with Crippen molar-refractivity contribution in [3.63, 3.8) is 0 Å². The lowest BCUT2D eigenvalue weighted by atomic mass is 10.2. The number of alkyl halides is 2. The van der Waals surface area contributed by atoms with Crippen molar-refractivity contribution in [1.29, 1.82) is 0 Å². The SMILES string of the molecule is CCOC(=O)C(F)(F)c1csc(C)c1. The molecular weight excluding hydrogens is 210 g/mol. The standard InChI is InChI=1S/C9H10F2O2S/c1-3-13-8(12)9(10,11)7-4-6(2)14-5-7/h4-5H,3H2,1-2H3. The quantitative estimate of drug-likeness (QED) is 0.732. The highest BCUT2D eigenvalue weighted by Crippen LogP contribution is 2.32. The maximum Gasteiger partial charge on any atom is 0.382 e. The van der Waals surface area contributed by atoms with Crippen LogP contribution in [-0.4, -0.2) is 12.6 Å². The van der Waals surface area contributed by atoms with Crippen molar-refractivity contribution in [3.05, 3.63) is 21.9 Å². The van der Waals surface area contributed by atoms with Crippen LogP contribution >= 0.6 is 11.3 Å². The first-order chi connectivity index (χ1) is 6.48. The highest BCUT2D eigenvalue weighted by Gasteiger charge is 2.43. The number of rotatable bonds is 3. The van der Waals surface area contributed by atoms with Crippen molar-refractivity contribution in [2.75, 3.05) is 6.61 Å². The Morgan fingerprint density at radius 2 is 2.29 bits per heavy atom. The van der Waals surface area contributed by atoms with Gasteiger partial charge in [0, 0.05) is 15.8 Å². The molecule has 1 rings (SSSR count). The summed E-state index contributed by atoms with van der Waals surface area (Å²) in [5.41, 5.74) is -0.293. The Bertz CT molecular complexity index is 333. The summed E-state index contributed by atoms with van der Waals surface area (Å²) in [6.45, 7) is 3.15. The van der Waals surface area contributed by atoms with Crippen molar-refractivity contribution in [3.8, 4) is 0 Å². The number of thiophene rings is 1. The lowest BCUT2D eigenvalue weighted by molar-refractivity contribution is -0.173. The van der Waals surface area contributed by atoms with E-state index < -0.39 is 11.9 Å². The lowest BCUT2D eigenvalue weighted by Crippen LogP contribution is -2.27. The topological polar surface area (TPSA) is 26.3 Å². The molecule has 1 aromatic rings. The van der Waals surface area contributed by atoms with Gasteiger partial charge in [-0.25, -0.2) is 4.79 Å². The summed E-state index contributed by atoms with van der Waals surface area (Å²) in [5.74, 6) is -5.02. The molecular formula is C9H10F2O2S. The van der Waals surface area contributed by atoms with Gasteiger partial charge >= 0.3 is 11.9 Å². The average Bonchev–Trinajstić information content (AvgIpc) is 2.52. The largest absolute Gasteiger partial charge is 0.461 e. The summed E-state index contributed by atoms with van der Waals surface area (Å²) in [6.07, 6.45) is 0. The van der Waals surface area contributed by atoms with Gasteiger partial charge in [-0.05, 0) is 19.9 Å². The molecule has 0 aromatic carbocycles. The Morgan fingerprint density at radius 1 is 1.64 bits per heavy atom. The molecule has 0 saturated carbocycles. The second-order valence-electron chi connectivity index (χ2n) is 2.74. The van der Waals surface area contributed by atoms with E-state index in [0.29, 0.717) is 0 Å². The van der Waals surface area contributed by atoms with E-state index in [1.165, 1.54) is 29.7 Å². The van der Waals surface area contributed by atoms with Crippen molar-refractivity contribution in [2.24, 2.45) is 0 Å². The van der Waals surface area contributed by atoms with Gasteiger partial charge in [0.1, 0.15) is 0 Å². The first-order valence-corrected chi connectivity index (χ1v) is 4.97. The number of esters is 1. The Kier molecular flexibility index (Phi) is 3.21. The summed E-state index contributed by atoms with van der Waals surface area (Å²) in [7, 11) is 0. The van der Waals surface area contributed by atoms with E-state index in [-0.39, 0.29) is 12.2 Å². The molecule has 2 nitrogen and oxygen atoms in total. The molecule has 0 unspecified atom stereocenters. The van der Waals surface area contributed by atoms with Crippen molar-refractivity contribution in [1.82, 2.24) is 0 Å². The summed E-state index contributed by atoms with van der Waals surface area (Å²) in [6, 6.07) is 1.29. The number of carbonyl (C=O) groups is 1. The van der Waals surface area contributed by atoms with Gasteiger partial charge in [-0.15, -0.1) is 11.3 Å². The van der Waals surface area contributed by atoms with E-state index in [0.717, 1.165) is 4.88 Å². The minimum Gasteiger partial charge on any atom is -0.461 e. The minimum absolute atomic E-state index is 0.0441. The third-order valence-corrected chi connectivity index (χ3v) is 2.49. The van der Waals surface area contributed by atoms with Crippen LogP contribution in [0.25, 0.3) is 0 Å². The van der Waals surface area contributed by atoms with Crippen LogP contribution in [0.3, 0.4) is 0 Å².